The van der Waals surface area contributed by atoms with Crippen molar-refractivity contribution in [1.29, 1.82) is 0 Å². The fourth-order valence-electron chi connectivity index (χ4n) is 0.994. The van der Waals surface area contributed by atoms with E-state index in [0.29, 0.717) is 18.2 Å². The van der Waals surface area contributed by atoms with E-state index in [0.717, 1.165) is 5.69 Å². The zero-order valence-corrected chi connectivity index (χ0v) is 8.00. The summed E-state index contributed by atoms with van der Waals surface area (Å²) in [4.78, 5) is 15.2. The molecule has 0 spiro atoms. The molecule has 1 rings (SSSR count). The monoisotopic (exact) mass is 183 g/mol. The van der Waals surface area contributed by atoms with Gasteiger partial charge in [0.2, 0.25) is 5.95 Å². The van der Waals surface area contributed by atoms with Gasteiger partial charge in [0.05, 0.1) is 12.3 Å². The first kappa shape index (κ1) is 9.57. The number of carbonyl (C=O) groups is 1. The largest absolute Gasteiger partial charge is 0.461 e. The minimum atomic E-state index is -0.424. The van der Waals surface area contributed by atoms with Crippen molar-refractivity contribution in [2.75, 3.05) is 12.3 Å². The van der Waals surface area contributed by atoms with Gasteiger partial charge in [0.15, 0.2) is 5.69 Å². The van der Waals surface area contributed by atoms with E-state index in [1.807, 2.05) is 0 Å². The van der Waals surface area contributed by atoms with E-state index in [1.165, 1.54) is 0 Å². The molecule has 1 aromatic rings. The molecule has 1 aromatic heterocycles. The Labute approximate surface area is 76.5 Å². The van der Waals surface area contributed by atoms with E-state index < -0.39 is 5.97 Å². The van der Waals surface area contributed by atoms with Crippen LogP contribution in [0.1, 0.15) is 23.1 Å². The van der Waals surface area contributed by atoms with Crippen LogP contribution < -0.4 is 5.73 Å². The maximum atomic E-state index is 11.3. The second-order valence-corrected chi connectivity index (χ2v) is 2.68. The molecular formula is C8H13N3O2. The molecule has 0 bridgehead atoms. The van der Waals surface area contributed by atoms with Gasteiger partial charge in [-0.1, -0.05) is 0 Å². The highest BCUT2D eigenvalue weighted by molar-refractivity contribution is 5.89. The van der Waals surface area contributed by atoms with Crippen molar-refractivity contribution in [3.8, 4) is 0 Å². The quantitative estimate of drug-likeness (QED) is 0.677. The molecule has 0 saturated heterocycles. The molecular weight excluding hydrogens is 170 g/mol. The van der Waals surface area contributed by atoms with Gasteiger partial charge in [-0.3, -0.25) is 0 Å². The van der Waals surface area contributed by atoms with Crippen LogP contribution in [-0.2, 0) is 11.8 Å². The molecule has 0 aliphatic heterocycles. The van der Waals surface area contributed by atoms with Gasteiger partial charge in [0.1, 0.15) is 0 Å². The number of rotatable bonds is 2. The molecule has 0 amide bonds. The Morgan fingerprint density at radius 1 is 1.69 bits per heavy atom. The van der Waals surface area contributed by atoms with E-state index >= 15 is 0 Å². The van der Waals surface area contributed by atoms with E-state index in [4.69, 9.17) is 10.5 Å². The Hall–Kier alpha value is -1.52. The highest BCUT2D eigenvalue weighted by Gasteiger charge is 2.16. The highest BCUT2D eigenvalue weighted by atomic mass is 16.5. The van der Waals surface area contributed by atoms with Crippen LogP contribution in [0.5, 0.6) is 0 Å². The van der Waals surface area contributed by atoms with Crippen LogP contribution in [0.4, 0.5) is 5.95 Å². The number of nitrogens with two attached hydrogens (primary N) is 1. The normalized spacial score (nSPS) is 10.1. The zero-order valence-electron chi connectivity index (χ0n) is 8.00. The molecule has 0 saturated carbocycles. The van der Waals surface area contributed by atoms with Gasteiger partial charge in [-0.05, 0) is 13.8 Å². The number of aromatic nitrogens is 2. The van der Waals surface area contributed by atoms with Crippen LogP contribution in [0.2, 0.25) is 0 Å². The summed E-state index contributed by atoms with van der Waals surface area (Å²) in [5, 5.41) is 0. The van der Waals surface area contributed by atoms with Crippen molar-refractivity contribution in [2.24, 2.45) is 7.05 Å². The first-order chi connectivity index (χ1) is 6.07. The third-order valence-corrected chi connectivity index (χ3v) is 1.88. The smallest absolute Gasteiger partial charge is 0.358 e. The number of nitrogen functional groups attached to an aromatic ring is 1. The molecule has 0 aliphatic rings. The molecule has 0 fully saturated rings. The SMILES string of the molecule is CCOC(=O)c1nc(N)n(C)c1C. The molecule has 13 heavy (non-hydrogen) atoms. The van der Waals surface area contributed by atoms with Crippen molar-refractivity contribution in [3.05, 3.63) is 11.4 Å². The van der Waals surface area contributed by atoms with E-state index in [9.17, 15) is 4.79 Å². The predicted octanol–water partition coefficient (Wildman–Crippen LogP) is 0.487. The van der Waals surface area contributed by atoms with Gasteiger partial charge in [0, 0.05) is 7.05 Å². The molecule has 2 N–H and O–H groups in total. The Morgan fingerprint density at radius 3 is 2.69 bits per heavy atom. The second kappa shape index (κ2) is 3.47. The van der Waals surface area contributed by atoms with Crippen LogP contribution >= 0.6 is 0 Å². The third-order valence-electron chi connectivity index (χ3n) is 1.88. The minimum Gasteiger partial charge on any atom is -0.461 e. The number of carbonyl (C=O) groups excluding carboxylic acids is 1. The van der Waals surface area contributed by atoms with Crippen molar-refractivity contribution in [2.45, 2.75) is 13.8 Å². The van der Waals surface area contributed by atoms with Crippen molar-refractivity contribution in [3.63, 3.8) is 0 Å². The second-order valence-electron chi connectivity index (χ2n) is 2.68. The van der Waals surface area contributed by atoms with Crippen molar-refractivity contribution in [1.82, 2.24) is 9.55 Å². The lowest BCUT2D eigenvalue weighted by Crippen LogP contribution is -2.07. The number of hydrogen-bond acceptors (Lipinski definition) is 4. The molecule has 0 radical (unpaired) electrons. The summed E-state index contributed by atoms with van der Waals surface area (Å²) in [6, 6.07) is 0. The van der Waals surface area contributed by atoms with Gasteiger partial charge in [-0.15, -0.1) is 0 Å². The summed E-state index contributed by atoms with van der Waals surface area (Å²) in [7, 11) is 1.75. The fourth-order valence-corrected chi connectivity index (χ4v) is 0.994. The molecule has 5 heteroatoms. The number of ether oxygens (including phenoxy) is 1. The van der Waals surface area contributed by atoms with Crippen LogP contribution in [0.15, 0.2) is 0 Å². The maximum Gasteiger partial charge on any atom is 0.358 e. The summed E-state index contributed by atoms with van der Waals surface area (Å²) in [5.74, 6) is -0.104. The van der Waals surface area contributed by atoms with Crippen molar-refractivity contribution < 1.29 is 9.53 Å². The van der Waals surface area contributed by atoms with Crippen LogP contribution in [0.3, 0.4) is 0 Å². The standard InChI is InChI=1S/C8H13N3O2/c1-4-13-7(12)6-5(2)11(3)8(9)10-6/h4H2,1-3H3,(H2,9,10). The number of anilines is 1. The third kappa shape index (κ3) is 1.63. The number of nitrogens with zero attached hydrogens (tertiary/aromatic N) is 2. The Balaban J connectivity index is 3.01. The van der Waals surface area contributed by atoms with Gasteiger partial charge in [0.25, 0.3) is 0 Å². The zero-order chi connectivity index (χ0) is 10.0. The summed E-state index contributed by atoms with van der Waals surface area (Å²) < 4.78 is 6.45. The van der Waals surface area contributed by atoms with Crippen molar-refractivity contribution >= 4 is 11.9 Å². The lowest BCUT2D eigenvalue weighted by molar-refractivity contribution is 0.0519. The molecule has 0 aromatic carbocycles. The Kier molecular flexibility index (Phi) is 2.55. The average molecular weight is 183 g/mol. The summed E-state index contributed by atoms with van der Waals surface area (Å²) >= 11 is 0. The number of esters is 1. The topological polar surface area (TPSA) is 70.1 Å². The summed E-state index contributed by atoms with van der Waals surface area (Å²) in [6.07, 6.45) is 0. The number of hydrogen-bond donors (Lipinski definition) is 1. The van der Waals surface area contributed by atoms with Crippen LogP contribution in [0, 0.1) is 6.92 Å². The van der Waals surface area contributed by atoms with Crippen LogP contribution in [-0.4, -0.2) is 22.1 Å². The predicted molar refractivity (Wildman–Crippen MR) is 48.3 cm³/mol. The van der Waals surface area contributed by atoms with E-state index in [1.54, 1.807) is 25.5 Å². The Morgan fingerprint density at radius 2 is 2.31 bits per heavy atom. The molecule has 0 unspecified atom stereocenters. The van der Waals surface area contributed by atoms with Gasteiger partial charge in [-0.2, -0.15) is 0 Å². The van der Waals surface area contributed by atoms with E-state index in [2.05, 4.69) is 4.98 Å². The van der Waals surface area contributed by atoms with Gasteiger partial charge in [-0.25, -0.2) is 9.78 Å². The fraction of sp³-hybridized carbons (Fsp3) is 0.500. The number of imidazole rings is 1. The Bertz CT molecular complexity index is 330. The first-order valence-corrected chi connectivity index (χ1v) is 4.03. The van der Waals surface area contributed by atoms with Gasteiger partial charge >= 0.3 is 5.97 Å². The molecule has 72 valence electrons. The minimum absolute atomic E-state index is 0.293. The highest BCUT2D eigenvalue weighted by Crippen LogP contribution is 2.11. The average Bonchev–Trinajstić information content (AvgIpc) is 2.33. The molecule has 0 atom stereocenters. The first-order valence-electron chi connectivity index (χ1n) is 4.03. The lowest BCUT2D eigenvalue weighted by atomic mass is 10.3. The maximum absolute atomic E-state index is 11.3. The molecule has 0 aliphatic carbocycles. The summed E-state index contributed by atoms with van der Waals surface area (Å²) in [5.41, 5.74) is 6.53. The molecule has 5 nitrogen and oxygen atoms in total. The van der Waals surface area contributed by atoms with Crippen LogP contribution in [0.25, 0.3) is 0 Å². The van der Waals surface area contributed by atoms with Gasteiger partial charge < -0.3 is 15.0 Å². The molecule has 1 heterocycles. The van der Waals surface area contributed by atoms with E-state index in [-0.39, 0.29) is 0 Å². The lowest BCUT2D eigenvalue weighted by Gasteiger charge is -1.99. The summed E-state index contributed by atoms with van der Waals surface area (Å²) in [6.45, 7) is 3.86.